The molecule has 4 rings (SSSR count). The molecule has 174 valence electrons. The number of rotatable bonds is 5. The van der Waals surface area contributed by atoms with Gasteiger partial charge in [0.2, 0.25) is 5.91 Å². The highest BCUT2D eigenvalue weighted by molar-refractivity contribution is 6.22. The Labute approximate surface area is 198 Å². The maximum Gasteiger partial charge on any atom is 0.258 e. The predicted octanol–water partition coefficient (Wildman–Crippen LogP) is 3.80. The average molecular weight is 458 g/mol. The molecule has 0 saturated heterocycles. The molecular weight excluding hydrogens is 430 g/mol. The van der Waals surface area contributed by atoms with Crippen molar-refractivity contribution in [1.29, 1.82) is 0 Å². The van der Waals surface area contributed by atoms with Crippen LogP contribution in [0.3, 0.4) is 0 Å². The summed E-state index contributed by atoms with van der Waals surface area (Å²) in [5.41, 5.74) is 10.5. The fraction of sp³-hybridized carbons (Fsp3) is 0.222. The Balaban J connectivity index is 1.57. The number of amides is 3. The number of nitrogens with one attached hydrogen (secondary N) is 1. The van der Waals surface area contributed by atoms with Crippen molar-refractivity contribution >= 4 is 29.1 Å². The largest absolute Gasteiger partial charge is 0.484 e. The monoisotopic (exact) mass is 457 g/mol. The first-order valence-electron chi connectivity index (χ1n) is 11.1. The number of nitrogen functional groups attached to an aromatic ring is 1. The van der Waals surface area contributed by atoms with E-state index in [0.29, 0.717) is 22.7 Å². The van der Waals surface area contributed by atoms with Gasteiger partial charge in [0, 0.05) is 11.3 Å². The molecule has 1 aliphatic heterocycles. The number of nitrogens with two attached hydrogens (primary N) is 1. The second-order valence-corrected chi connectivity index (χ2v) is 8.45. The summed E-state index contributed by atoms with van der Waals surface area (Å²) in [6.45, 7) is 5.02. The number of ether oxygens (including phenoxy) is 1. The molecule has 1 aliphatic rings. The summed E-state index contributed by atoms with van der Waals surface area (Å²) in [5, 5.41) is 2.64. The van der Waals surface area contributed by atoms with E-state index >= 15 is 0 Å². The number of aryl methyl sites for hydroxylation is 1. The van der Waals surface area contributed by atoms with Crippen LogP contribution in [0.1, 0.15) is 30.9 Å². The normalized spacial score (nSPS) is 15.6. The predicted molar refractivity (Wildman–Crippen MR) is 131 cm³/mol. The summed E-state index contributed by atoms with van der Waals surface area (Å²) in [6.07, 6.45) is 0. The minimum atomic E-state index is -0.958. The lowest BCUT2D eigenvalue weighted by atomic mass is 9.92. The van der Waals surface area contributed by atoms with Crippen LogP contribution < -0.4 is 20.7 Å². The summed E-state index contributed by atoms with van der Waals surface area (Å²) in [4.78, 5) is 40.6. The Morgan fingerprint density at radius 1 is 1.06 bits per heavy atom. The molecule has 7 heteroatoms. The molecule has 0 radical (unpaired) electrons. The quantitative estimate of drug-likeness (QED) is 0.568. The highest BCUT2D eigenvalue weighted by atomic mass is 16.5. The van der Waals surface area contributed by atoms with E-state index in [9.17, 15) is 14.4 Å². The van der Waals surface area contributed by atoms with Crippen molar-refractivity contribution in [2.45, 2.75) is 32.7 Å². The molecular formula is C27H27N3O4. The third-order valence-electron chi connectivity index (χ3n) is 5.96. The lowest BCUT2D eigenvalue weighted by molar-refractivity contribution is -0.131. The molecule has 3 aromatic rings. The van der Waals surface area contributed by atoms with E-state index in [1.807, 2.05) is 43.3 Å². The number of fused-ring (bicyclic) bond motifs is 3. The first-order chi connectivity index (χ1) is 16.3. The van der Waals surface area contributed by atoms with Crippen LogP contribution in [0.5, 0.6) is 5.75 Å². The Morgan fingerprint density at radius 3 is 2.50 bits per heavy atom. The van der Waals surface area contributed by atoms with E-state index in [0.717, 1.165) is 21.6 Å². The van der Waals surface area contributed by atoms with Crippen molar-refractivity contribution in [3.8, 4) is 16.9 Å². The topological polar surface area (TPSA) is 102 Å². The first kappa shape index (κ1) is 23.0. The van der Waals surface area contributed by atoms with Gasteiger partial charge < -0.3 is 15.8 Å². The Bertz CT molecular complexity index is 1250. The van der Waals surface area contributed by atoms with Gasteiger partial charge in [-0.15, -0.1) is 0 Å². The molecule has 3 N–H and O–H groups in total. The van der Waals surface area contributed by atoms with Crippen LogP contribution >= 0.6 is 0 Å². The van der Waals surface area contributed by atoms with E-state index in [1.165, 1.54) is 0 Å². The lowest BCUT2D eigenvalue weighted by Crippen LogP contribution is -2.51. The molecule has 0 saturated carbocycles. The standard InChI is InChI=1S/C27H27N3O4/c1-16-11-13-19(14-12-16)34-15-24(31)29-18(3)27(33)30-23-10-6-9-22(28)25(23)21-8-5-4-7-20(21)17(2)26(30)32/h4-14,17-18H,15,28H2,1-3H3,(H,29,31)/t17?,18-/m0/s1. The van der Waals surface area contributed by atoms with E-state index in [-0.39, 0.29) is 12.5 Å². The molecule has 2 atom stereocenters. The highest BCUT2D eigenvalue weighted by Crippen LogP contribution is 2.44. The van der Waals surface area contributed by atoms with Gasteiger partial charge in [-0.1, -0.05) is 48.0 Å². The van der Waals surface area contributed by atoms with Crippen molar-refractivity contribution in [2.24, 2.45) is 0 Å². The molecule has 0 spiro atoms. The van der Waals surface area contributed by atoms with Gasteiger partial charge in [-0.25, -0.2) is 4.90 Å². The fourth-order valence-corrected chi connectivity index (χ4v) is 4.13. The number of imide groups is 1. The van der Waals surface area contributed by atoms with Gasteiger partial charge in [-0.2, -0.15) is 0 Å². The van der Waals surface area contributed by atoms with Gasteiger partial charge in [-0.3, -0.25) is 14.4 Å². The maximum absolute atomic E-state index is 13.5. The number of benzene rings is 3. The molecule has 1 unspecified atom stereocenters. The number of hydrogen-bond acceptors (Lipinski definition) is 5. The summed E-state index contributed by atoms with van der Waals surface area (Å²) >= 11 is 0. The summed E-state index contributed by atoms with van der Waals surface area (Å²) in [5.74, 6) is -1.40. The molecule has 7 nitrogen and oxygen atoms in total. The van der Waals surface area contributed by atoms with Crippen molar-refractivity contribution in [2.75, 3.05) is 17.2 Å². The first-order valence-corrected chi connectivity index (χ1v) is 11.1. The molecule has 0 bridgehead atoms. The molecule has 1 heterocycles. The van der Waals surface area contributed by atoms with E-state index < -0.39 is 23.8 Å². The van der Waals surface area contributed by atoms with Gasteiger partial charge in [0.1, 0.15) is 11.8 Å². The summed E-state index contributed by atoms with van der Waals surface area (Å²) < 4.78 is 5.50. The van der Waals surface area contributed by atoms with Crippen LogP contribution in [0.15, 0.2) is 66.7 Å². The van der Waals surface area contributed by atoms with Crippen molar-refractivity contribution in [1.82, 2.24) is 5.32 Å². The molecule has 0 fully saturated rings. The van der Waals surface area contributed by atoms with Gasteiger partial charge in [0.15, 0.2) is 6.61 Å². The average Bonchev–Trinajstić information content (AvgIpc) is 2.92. The van der Waals surface area contributed by atoms with Crippen LogP contribution in [0.4, 0.5) is 11.4 Å². The minimum Gasteiger partial charge on any atom is -0.484 e. The van der Waals surface area contributed by atoms with Crippen molar-refractivity contribution in [3.63, 3.8) is 0 Å². The zero-order valence-corrected chi connectivity index (χ0v) is 19.4. The molecule has 3 amide bonds. The van der Waals surface area contributed by atoms with E-state index in [4.69, 9.17) is 10.5 Å². The third-order valence-corrected chi connectivity index (χ3v) is 5.96. The maximum atomic E-state index is 13.5. The second-order valence-electron chi connectivity index (χ2n) is 8.45. The number of anilines is 2. The van der Waals surface area contributed by atoms with Crippen molar-refractivity contribution < 1.29 is 19.1 Å². The van der Waals surface area contributed by atoms with Gasteiger partial charge >= 0.3 is 0 Å². The van der Waals surface area contributed by atoms with Crippen LogP contribution in [0.25, 0.3) is 11.1 Å². The zero-order valence-electron chi connectivity index (χ0n) is 19.4. The van der Waals surface area contributed by atoms with Crippen molar-refractivity contribution in [3.05, 3.63) is 77.9 Å². The fourth-order valence-electron chi connectivity index (χ4n) is 4.13. The second kappa shape index (κ2) is 9.39. The summed E-state index contributed by atoms with van der Waals surface area (Å²) in [7, 11) is 0. The Morgan fingerprint density at radius 2 is 1.76 bits per heavy atom. The smallest absolute Gasteiger partial charge is 0.258 e. The van der Waals surface area contributed by atoms with Crippen LogP contribution in [-0.2, 0) is 14.4 Å². The van der Waals surface area contributed by atoms with Crippen LogP contribution in [-0.4, -0.2) is 30.4 Å². The number of nitrogens with zero attached hydrogens (tertiary/aromatic N) is 1. The molecule has 34 heavy (non-hydrogen) atoms. The van der Waals surface area contributed by atoms with Crippen LogP contribution in [0.2, 0.25) is 0 Å². The van der Waals surface area contributed by atoms with E-state index in [2.05, 4.69) is 5.32 Å². The minimum absolute atomic E-state index is 0.250. The molecule has 3 aromatic carbocycles. The van der Waals surface area contributed by atoms with E-state index in [1.54, 1.807) is 44.2 Å². The SMILES string of the molecule is Cc1ccc(OCC(=O)N[C@@H](C)C(=O)N2C(=O)C(C)c3ccccc3-c3c(N)cccc32)cc1. The third kappa shape index (κ3) is 4.37. The Hall–Kier alpha value is -4.13. The molecule has 0 aromatic heterocycles. The number of hydrogen-bond donors (Lipinski definition) is 2. The van der Waals surface area contributed by atoms with Crippen LogP contribution in [0, 0.1) is 6.92 Å². The highest BCUT2D eigenvalue weighted by Gasteiger charge is 2.37. The Kier molecular flexibility index (Phi) is 6.36. The number of carbonyl (C=O) groups excluding carboxylic acids is 3. The van der Waals surface area contributed by atoms with Gasteiger partial charge in [0.05, 0.1) is 11.6 Å². The molecule has 0 aliphatic carbocycles. The lowest BCUT2D eigenvalue weighted by Gasteiger charge is -2.26. The van der Waals surface area contributed by atoms with Gasteiger partial charge in [0.25, 0.3) is 11.8 Å². The number of carbonyl (C=O) groups is 3. The zero-order chi connectivity index (χ0) is 24.4. The summed E-state index contributed by atoms with van der Waals surface area (Å²) in [6, 6.07) is 19.0. The van der Waals surface area contributed by atoms with Gasteiger partial charge in [-0.05, 0) is 56.2 Å².